The average Bonchev–Trinajstić information content (AvgIpc) is 2.62. The van der Waals surface area contributed by atoms with Crippen molar-refractivity contribution in [2.75, 3.05) is 26.3 Å². The van der Waals surface area contributed by atoms with Gasteiger partial charge in [0.1, 0.15) is 0 Å². The zero-order valence-electron chi connectivity index (χ0n) is 14.6. The van der Waals surface area contributed by atoms with Gasteiger partial charge in [-0.2, -0.15) is 0 Å². The second kappa shape index (κ2) is 7.42. The fourth-order valence-electron chi connectivity index (χ4n) is 2.73. The third kappa shape index (κ3) is 4.11. The molecule has 0 unspecified atom stereocenters. The van der Waals surface area contributed by atoms with Crippen LogP contribution in [0.3, 0.4) is 0 Å². The van der Waals surface area contributed by atoms with E-state index < -0.39 is 9.84 Å². The number of ether oxygens (including phenoxy) is 1. The molecule has 0 bridgehead atoms. The molecule has 0 saturated carbocycles. The van der Waals surface area contributed by atoms with E-state index in [9.17, 15) is 8.42 Å². The number of morpholine rings is 1. The number of nitrogens with zero attached hydrogens (tertiary/aromatic N) is 1. The van der Waals surface area contributed by atoms with Crippen LogP contribution in [-0.2, 0) is 14.6 Å². The zero-order valence-corrected chi connectivity index (χ0v) is 15.4. The highest BCUT2D eigenvalue weighted by Crippen LogP contribution is 2.29. The lowest BCUT2D eigenvalue weighted by molar-refractivity contribution is 0.0597. The molecule has 3 rings (SSSR count). The summed E-state index contributed by atoms with van der Waals surface area (Å²) in [6.07, 6.45) is 1.77. The van der Waals surface area contributed by atoms with Gasteiger partial charge in [0, 0.05) is 19.3 Å². The number of sulfone groups is 1. The smallest absolute Gasteiger partial charge is 0.208 e. The average molecular weight is 357 g/mol. The Morgan fingerprint density at radius 3 is 2.00 bits per heavy atom. The second-order valence-electron chi connectivity index (χ2n) is 6.32. The Morgan fingerprint density at radius 1 is 0.920 bits per heavy atom. The molecule has 0 radical (unpaired) electrons. The largest absolute Gasteiger partial charge is 0.378 e. The predicted octanol–water partition coefficient (Wildman–Crippen LogP) is 3.41. The van der Waals surface area contributed by atoms with Crippen molar-refractivity contribution >= 4 is 14.7 Å². The lowest BCUT2D eigenvalue weighted by atomic mass is 10.1. The molecule has 132 valence electrons. The monoisotopic (exact) mass is 357 g/mol. The van der Waals surface area contributed by atoms with E-state index in [2.05, 4.69) is 0 Å². The van der Waals surface area contributed by atoms with Gasteiger partial charge in [0.05, 0.1) is 23.0 Å². The first-order valence-electron chi connectivity index (χ1n) is 8.39. The highest BCUT2D eigenvalue weighted by Gasteiger charge is 2.24. The van der Waals surface area contributed by atoms with Crippen LogP contribution in [0.15, 0.2) is 59.6 Å². The first-order chi connectivity index (χ1) is 12.0. The normalized spacial score (nSPS) is 16.1. The Balaban J connectivity index is 2.07. The van der Waals surface area contributed by atoms with Crippen LogP contribution in [0, 0.1) is 13.8 Å². The van der Waals surface area contributed by atoms with E-state index in [1.165, 1.54) is 0 Å². The summed E-state index contributed by atoms with van der Waals surface area (Å²) in [5.41, 5.74) is 2.84. The summed E-state index contributed by atoms with van der Waals surface area (Å²) >= 11 is 0. The molecule has 1 saturated heterocycles. The van der Waals surface area contributed by atoms with Crippen LogP contribution < -0.4 is 0 Å². The van der Waals surface area contributed by atoms with Crippen molar-refractivity contribution in [3.63, 3.8) is 0 Å². The summed E-state index contributed by atoms with van der Waals surface area (Å²) in [7, 11) is -3.60. The van der Waals surface area contributed by atoms with Crippen LogP contribution in [0.25, 0.3) is 4.91 Å². The molecule has 1 heterocycles. The van der Waals surface area contributed by atoms with Gasteiger partial charge >= 0.3 is 0 Å². The van der Waals surface area contributed by atoms with Gasteiger partial charge in [-0.25, -0.2) is 8.42 Å². The van der Waals surface area contributed by atoms with Gasteiger partial charge in [-0.1, -0.05) is 47.5 Å². The van der Waals surface area contributed by atoms with Crippen LogP contribution in [0.5, 0.6) is 0 Å². The van der Waals surface area contributed by atoms with Crippen LogP contribution in [-0.4, -0.2) is 39.6 Å². The Morgan fingerprint density at radius 2 is 1.44 bits per heavy atom. The van der Waals surface area contributed by atoms with E-state index in [1.807, 2.05) is 55.1 Å². The Bertz CT molecular complexity index is 847. The molecule has 1 aliphatic heterocycles. The minimum absolute atomic E-state index is 0.318. The van der Waals surface area contributed by atoms with Gasteiger partial charge in [0.2, 0.25) is 9.84 Å². The second-order valence-corrected chi connectivity index (χ2v) is 8.24. The fourth-order valence-corrected chi connectivity index (χ4v) is 4.22. The number of hydrogen-bond donors (Lipinski definition) is 0. The molecule has 5 heteroatoms. The topological polar surface area (TPSA) is 46.6 Å². The summed E-state index contributed by atoms with van der Waals surface area (Å²) in [6, 6.07) is 14.6. The summed E-state index contributed by atoms with van der Waals surface area (Å²) in [4.78, 5) is 2.67. The molecular weight excluding hydrogens is 334 g/mol. The molecule has 25 heavy (non-hydrogen) atoms. The summed E-state index contributed by atoms with van der Waals surface area (Å²) in [6.45, 7) is 6.55. The number of benzene rings is 2. The molecule has 0 atom stereocenters. The van der Waals surface area contributed by atoms with Crippen LogP contribution in [0.4, 0.5) is 0 Å². The van der Waals surface area contributed by atoms with E-state index in [-0.39, 0.29) is 0 Å². The molecule has 4 nitrogen and oxygen atoms in total. The molecule has 2 aromatic rings. The summed E-state index contributed by atoms with van der Waals surface area (Å²) in [5.74, 6) is 0. The van der Waals surface area contributed by atoms with Crippen molar-refractivity contribution in [1.82, 2.24) is 4.90 Å². The zero-order chi connectivity index (χ0) is 17.9. The summed E-state index contributed by atoms with van der Waals surface area (Å²) in [5, 5.41) is 0. The van der Waals surface area contributed by atoms with E-state index in [0.29, 0.717) is 41.7 Å². The maximum absolute atomic E-state index is 13.3. The molecule has 1 fully saturated rings. The van der Waals surface area contributed by atoms with Crippen LogP contribution >= 0.6 is 0 Å². The lowest BCUT2D eigenvalue weighted by Gasteiger charge is -2.26. The highest BCUT2D eigenvalue weighted by atomic mass is 32.2. The SMILES string of the molecule is Cc1ccc(C(=CN2CCOCC2)S(=O)(=O)c2ccc(C)cc2)cc1. The van der Waals surface area contributed by atoms with Gasteiger partial charge < -0.3 is 9.64 Å². The third-order valence-corrected chi connectivity index (χ3v) is 6.12. The maximum Gasteiger partial charge on any atom is 0.208 e. The van der Waals surface area contributed by atoms with Crippen molar-refractivity contribution in [3.05, 3.63) is 71.4 Å². The molecule has 0 amide bonds. The minimum Gasteiger partial charge on any atom is -0.378 e. The van der Waals surface area contributed by atoms with Gasteiger partial charge in [0.25, 0.3) is 0 Å². The molecule has 2 aromatic carbocycles. The van der Waals surface area contributed by atoms with Gasteiger partial charge in [-0.05, 0) is 31.5 Å². The Labute approximate surface area is 149 Å². The molecule has 0 N–H and O–H groups in total. The number of hydrogen-bond acceptors (Lipinski definition) is 4. The summed E-state index contributed by atoms with van der Waals surface area (Å²) < 4.78 is 31.9. The van der Waals surface area contributed by atoms with Gasteiger partial charge in [0.15, 0.2) is 0 Å². The predicted molar refractivity (Wildman–Crippen MR) is 99.9 cm³/mol. The third-order valence-electron chi connectivity index (χ3n) is 4.30. The van der Waals surface area contributed by atoms with Crippen molar-refractivity contribution in [2.24, 2.45) is 0 Å². The van der Waals surface area contributed by atoms with E-state index in [4.69, 9.17) is 4.74 Å². The van der Waals surface area contributed by atoms with E-state index >= 15 is 0 Å². The van der Waals surface area contributed by atoms with Crippen molar-refractivity contribution in [1.29, 1.82) is 0 Å². The van der Waals surface area contributed by atoms with Crippen molar-refractivity contribution < 1.29 is 13.2 Å². The van der Waals surface area contributed by atoms with Crippen molar-refractivity contribution in [2.45, 2.75) is 18.7 Å². The van der Waals surface area contributed by atoms with Gasteiger partial charge in [-0.3, -0.25) is 0 Å². The lowest BCUT2D eigenvalue weighted by Crippen LogP contribution is -2.32. The minimum atomic E-state index is -3.60. The van der Waals surface area contributed by atoms with Gasteiger partial charge in [-0.15, -0.1) is 0 Å². The molecule has 0 spiro atoms. The Hall–Kier alpha value is -2.11. The first kappa shape index (κ1) is 17.7. The number of rotatable bonds is 4. The van der Waals surface area contributed by atoms with Crippen LogP contribution in [0.1, 0.15) is 16.7 Å². The fraction of sp³-hybridized carbons (Fsp3) is 0.300. The molecule has 1 aliphatic rings. The standard InChI is InChI=1S/C20H23NO3S/c1-16-3-7-18(8-4-16)20(15-21-11-13-24-14-12-21)25(22,23)19-9-5-17(2)6-10-19/h3-10,15H,11-14H2,1-2H3. The molecular formula is C20H23NO3S. The van der Waals surface area contributed by atoms with Crippen LogP contribution in [0.2, 0.25) is 0 Å². The van der Waals surface area contributed by atoms with E-state index in [0.717, 1.165) is 11.1 Å². The quantitative estimate of drug-likeness (QED) is 0.841. The molecule has 0 aliphatic carbocycles. The first-order valence-corrected chi connectivity index (χ1v) is 9.87. The van der Waals surface area contributed by atoms with E-state index in [1.54, 1.807) is 18.3 Å². The highest BCUT2D eigenvalue weighted by molar-refractivity contribution is 8.00. The number of aryl methyl sites for hydroxylation is 2. The van der Waals surface area contributed by atoms with Crippen molar-refractivity contribution in [3.8, 4) is 0 Å². The molecule has 0 aromatic heterocycles. The maximum atomic E-state index is 13.3. The Kier molecular flexibility index (Phi) is 5.25.